The van der Waals surface area contributed by atoms with Crippen LogP contribution in [-0.2, 0) is 7.05 Å². The van der Waals surface area contributed by atoms with Crippen molar-refractivity contribution in [2.45, 2.75) is 238 Å². The quantitative estimate of drug-likeness (QED) is 0.155. The number of hydrogen-bond donors (Lipinski definition) is 0. The van der Waals surface area contributed by atoms with Crippen molar-refractivity contribution in [3.8, 4) is 0 Å². The second-order valence-electron chi connectivity index (χ2n) is 23.0. The molecule has 5 aromatic rings. The number of thiazole rings is 3. The predicted molar refractivity (Wildman–Crippen MR) is 314 cm³/mol. The third-order valence-corrected chi connectivity index (χ3v) is 17.5. The predicted octanol–water partition coefficient (Wildman–Crippen LogP) is 21.0. The second kappa shape index (κ2) is 34.9. The molecule has 5 aromatic heterocycles. The lowest BCUT2D eigenvalue weighted by Gasteiger charge is -2.27. The highest BCUT2D eigenvalue weighted by atomic mass is 35.5. The lowest BCUT2D eigenvalue weighted by atomic mass is 9.78. The number of pyridine rings is 1. The van der Waals surface area contributed by atoms with E-state index < -0.39 is 5.92 Å². The number of aromatic nitrogens is 6. The minimum Gasteiger partial charge on any atom is -0.276 e. The van der Waals surface area contributed by atoms with Crippen LogP contribution in [0.25, 0.3) is 0 Å². The molecule has 0 spiro atoms. The Kier molecular flexibility index (Phi) is 32.6. The van der Waals surface area contributed by atoms with E-state index in [4.69, 9.17) is 11.6 Å². The zero-order valence-electron chi connectivity index (χ0n) is 48.8. The van der Waals surface area contributed by atoms with Crippen molar-refractivity contribution >= 4 is 45.6 Å². The van der Waals surface area contributed by atoms with E-state index in [1.165, 1.54) is 81.7 Å². The summed E-state index contributed by atoms with van der Waals surface area (Å²) < 4.78 is 26.9. The van der Waals surface area contributed by atoms with Crippen molar-refractivity contribution in [3.05, 3.63) is 95.8 Å². The summed E-state index contributed by atoms with van der Waals surface area (Å²) in [6.45, 7) is 41.5. The summed E-state index contributed by atoms with van der Waals surface area (Å²) in [7, 11) is 1.94. The SMILES string of the molecule is CC(C)C1(C)CCCC1.CC(C)C1CCC(F)(F)C1.CC(C)C1CCCC1.CC(C)c1ccn(C)n1.CC(C)c1cncc(Cl)c1.CC(C)c1nccs1.Cc1cnc(C(C)C)s1.Cc1cnc(C(C)C)s1. The Labute approximate surface area is 456 Å². The van der Waals surface area contributed by atoms with Crippen LogP contribution in [0, 0.1) is 48.9 Å². The van der Waals surface area contributed by atoms with Gasteiger partial charge in [-0.15, -0.1) is 34.0 Å². The van der Waals surface area contributed by atoms with Gasteiger partial charge in [-0.25, -0.2) is 23.7 Å². The van der Waals surface area contributed by atoms with E-state index >= 15 is 0 Å². The molecule has 12 heteroatoms. The fraction of sp³-hybridized carbons (Fsp3) is 0.717. The lowest BCUT2D eigenvalue weighted by molar-refractivity contribution is 0.00297. The third kappa shape index (κ3) is 28.3. The summed E-state index contributed by atoms with van der Waals surface area (Å²) in [6.07, 6.45) is 23.9. The minimum atomic E-state index is -2.35. The molecule has 1 unspecified atom stereocenters. The van der Waals surface area contributed by atoms with E-state index in [2.05, 4.69) is 143 Å². The first-order valence-corrected chi connectivity index (χ1v) is 30.2. The van der Waals surface area contributed by atoms with Gasteiger partial charge in [-0.05, 0) is 97.6 Å². The Bertz CT molecular complexity index is 1980. The van der Waals surface area contributed by atoms with Gasteiger partial charge in [0.15, 0.2) is 0 Å². The molecule has 6 nitrogen and oxygen atoms in total. The zero-order chi connectivity index (χ0) is 54.8. The van der Waals surface area contributed by atoms with Crippen molar-refractivity contribution < 1.29 is 8.78 Å². The van der Waals surface area contributed by atoms with Crippen molar-refractivity contribution in [3.63, 3.8) is 0 Å². The highest BCUT2D eigenvalue weighted by Gasteiger charge is 2.40. The van der Waals surface area contributed by atoms with Gasteiger partial charge in [0.05, 0.1) is 25.7 Å². The Balaban J connectivity index is 0.000000412. The fourth-order valence-electron chi connectivity index (χ4n) is 8.22. The van der Waals surface area contributed by atoms with E-state index in [1.807, 2.05) is 74.1 Å². The smallest absolute Gasteiger partial charge is 0.248 e. The molecule has 0 aromatic carbocycles. The maximum absolute atomic E-state index is 12.6. The first-order chi connectivity index (χ1) is 33.6. The number of hydrogen-bond acceptors (Lipinski definition) is 8. The number of halogens is 3. The molecule has 0 saturated heterocycles. The Morgan fingerprint density at radius 3 is 1.36 bits per heavy atom. The van der Waals surface area contributed by atoms with E-state index in [0.717, 1.165) is 23.4 Å². The number of rotatable bonds is 8. The zero-order valence-corrected chi connectivity index (χ0v) is 52.0. The molecule has 0 aliphatic heterocycles. The molecule has 8 rings (SSSR count). The van der Waals surface area contributed by atoms with Gasteiger partial charge >= 0.3 is 0 Å². The standard InChI is InChI=1S/C9H18.C8H10ClN.C8H14F2.C8H16.C7H12N2.2C7H11NS.C6H9NS/c1-8(2)9(3)6-4-5-7-9;1-6(2)7-3-8(9)5-10-4-7;1-6(2)7-3-4-8(9,10)5-7;1-7(2)8-5-3-4-6-8;1-6(2)7-4-5-9(3)8-7;2*1-5(2)7-8-4-6(3)9-7;1-5(2)6-7-3-4-8-6/h8H,4-7H2,1-3H3;3-6H,1-2H3;6-7H,3-5H2,1-2H3;7-8H,3-6H2,1-2H3;4-6H,1-3H3;2*4-5H,1-3H3;3-5H,1-2H3. The van der Waals surface area contributed by atoms with Crippen LogP contribution in [0.3, 0.4) is 0 Å². The van der Waals surface area contributed by atoms with Gasteiger partial charge in [0, 0.05) is 90.0 Å². The van der Waals surface area contributed by atoms with Gasteiger partial charge in [-0.1, -0.05) is 168 Å². The van der Waals surface area contributed by atoms with Crippen LogP contribution in [0.2, 0.25) is 5.02 Å². The number of nitrogens with zero attached hydrogens (tertiary/aromatic N) is 6. The monoisotopic (exact) mass is 1070 g/mol. The van der Waals surface area contributed by atoms with Crippen LogP contribution in [0.1, 0.15) is 254 Å². The van der Waals surface area contributed by atoms with Crippen LogP contribution < -0.4 is 0 Å². The van der Waals surface area contributed by atoms with Crippen LogP contribution in [0.15, 0.2) is 54.7 Å². The molecule has 3 aliphatic rings. The van der Waals surface area contributed by atoms with E-state index in [9.17, 15) is 8.78 Å². The third-order valence-electron chi connectivity index (χ3n) is 13.8. The van der Waals surface area contributed by atoms with Crippen molar-refractivity contribution in [1.82, 2.24) is 29.7 Å². The minimum absolute atomic E-state index is 0.107. The molecular weight excluding hydrogens is 974 g/mol. The maximum atomic E-state index is 12.6. The van der Waals surface area contributed by atoms with E-state index in [-0.39, 0.29) is 18.8 Å². The van der Waals surface area contributed by atoms with Gasteiger partial charge in [0.1, 0.15) is 0 Å². The molecule has 0 bridgehead atoms. The Morgan fingerprint density at radius 2 is 1.14 bits per heavy atom. The van der Waals surface area contributed by atoms with Gasteiger partial charge in [-0.2, -0.15) is 5.10 Å². The Hall–Kier alpha value is -2.60. The topological polar surface area (TPSA) is 69.4 Å². The summed E-state index contributed by atoms with van der Waals surface area (Å²) in [5.41, 5.74) is 3.05. The highest BCUT2D eigenvalue weighted by molar-refractivity contribution is 7.11. The molecule has 72 heavy (non-hydrogen) atoms. The first-order valence-electron chi connectivity index (χ1n) is 27.3. The van der Waals surface area contributed by atoms with E-state index in [1.54, 1.807) is 40.2 Å². The maximum Gasteiger partial charge on any atom is 0.248 e. The van der Waals surface area contributed by atoms with Crippen LogP contribution in [-0.4, -0.2) is 35.6 Å². The van der Waals surface area contributed by atoms with Crippen LogP contribution in [0.5, 0.6) is 0 Å². The molecule has 0 amide bonds. The summed E-state index contributed by atoms with van der Waals surface area (Å²) in [5.74, 6) is 4.05. The molecule has 0 N–H and O–H groups in total. The van der Waals surface area contributed by atoms with Crippen LogP contribution in [0.4, 0.5) is 8.78 Å². The molecule has 3 aliphatic carbocycles. The Morgan fingerprint density at radius 1 is 0.625 bits per heavy atom. The molecule has 3 fully saturated rings. The van der Waals surface area contributed by atoms with Crippen LogP contribution >= 0.6 is 45.6 Å². The molecule has 3 saturated carbocycles. The summed E-state index contributed by atoms with van der Waals surface area (Å²) in [4.78, 5) is 19.2. The molecule has 410 valence electrons. The average Bonchev–Trinajstić information content (AvgIpc) is 4.15. The normalized spacial score (nSPS) is 16.7. The second-order valence-corrected chi connectivity index (χ2v) is 26.9. The summed E-state index contributed by atoms with van der Waals surface area (Å²) in [5, 5.41) is 10.7. The molecule has 1 atom stereocenters. The fourth-order valence-corrected chi connectivity index (χ4v) is 10.6. The van der Waals surface area contributed by atoms with E-state index in [0.29, 0.717) is 52.4 Å². The van der Waals surface area contributed by atoms with Gasteiger partial charge in [-0.3, -0.25) is 9.67 Å². The first kappa shape index (κ1) is 67.4. The lowest BCUT2D eigenvalue weighted by Crippen LogP contribution is -2.18. The summed E-state index contributed by atoms with van der Waals surface area (Å²) >= 11 is 11.0. The van der Waals surface area contributed by atoms with Crippen molar-refractivity contribution in [2.24, 2.45) is 42.1 Å². The summed E-state index contributed by atoms with van der Waals surface area (Å²) in [6, 6.07) is 3.99. The number of alkyl halides is 2. The average molecular weight is 1080 g/mol. The van der Waals surface area contributed by atoms with Crippen molar-refractivity contribution in [2.75, 3.05) is 0 Å². The molecule has 0 radical (unpaired) electrons. The highest BCUT2D eigenvalue weighted by Crippen LogP contribution is 2.43. The van der Waals surface area contributed by atoms with Gasteiger partial charge in [0.2, 0.25) is 5.92 Å². The largest absolute Gasteiger partial charge is 0.276 e. The van der Waals surface area contributed by atoms with Gasteiger partial charge in [0.25, 0.3) is 0 Å². The molecular formula is C60H101ClF2N6S3. The van der Waals surface area contributed by atoms with Crippen molar-refractivity contribution in [1.29, 1.82) is 0 Å². The molecule has 5 heterocycles. The van der Waals surface area contributed by atoms with Gasteiger partial charge < -0.3 is 0 Å². The number of aryl methyl sites for hydroxylation is 3.